The molecule has 0 N–H and O–H groups in total. The second kappa shape index (κ2) is 9.11. The lowest BCUT2D eigenvalue weighted by molar-refractivity contribution is -0.148. The van der Waals surface area contributed by atoms with Gasteiger partial charge >= 0.3 is 5.97 Å². The van der Waals surface area contributed by atoms with Crippen LogP contribution in [0.25, 0.3) is 0 Å². The largest absolute Gasteiger partial charge is 0.486 e. The van der Waals surface area contributed by atoms with Gasteiger partial charge in [-0.2, -0.15) is 0 Å². The molecule has 0 aliphatic carbocycles. The zero-order valence-electron chi connectivity index (χ0n) is 16.6. The Labute approximate surface area is 183 Å². The van der Waals surface area contributed by atoms with Gasteiger partial charge < -0.3 is 19.1 Å². The van der Waals surface area contributed by atoms with E-state index in [0.29, 0.717) is 36.9 Å². The van der Waals surface area contributed by atoms with Crippen molar-refractivity contribution in [3.8, 4) is 11.5 Å². The first kappa shape index (κ1) is 21.4. The monoisotopic (exact) mass is 463 g/mol. The Kier molecular flexibility index (Phi) is 6.28. The van der Waals surface area contributed by atoms with Crippen LogP contribution in [-0.4, -0.2) is 45.9 Å². The summed E-state index contributed by atoms with van der Waals surface area (Å²) >= 11 is 1.52. The highest BCUT2D eigenvalue weighted by Gasteiger charge is 2.26. The van der Waals surface area contributed by atoms with Crippen molar-refractivity contribution in [3.05, 3.63) is 52.1 Å². The van der Waals surface area contributed by atoms with E-state index in [1.807, 2.05) is 17.5 Å². The number of esters is 1. The van der Waals surface area contributed by atoms with Crippen LogP contribution in [0, 0.1) is 5.92 Å². The number of ether oxygens (including phenoxy) is 3. The first-order chi connectivity index (χ1) is 14.9. The van der Waals surface area contributed by atoms with Gasteiger partial charge in [-0.1, -0.05) is 12.1 Å². The summed E-state index contributed by atoms with van der Waals surface area (Å²) in [6, 6.07) is 9.06. The number of hydrogen-bond acceptors (Lipinski definition) is 8. The molecule has 2 aliphatic rings. The van der Waals surface area contributed by atoms with Crippen molar-refractivity contribution in [2.45, 2.75) is 13.0 Å². The SMILES string of the molecule is O=C(CC1C=CS(=O)(=O)C1)OCC(=O)N(Cc1cccs1)c1ccc2c(c1)OCCO2. The van der Waals surface area contributed by atoms with Crippen LogP contribution in [-0.2, 0) is 30.7 Å². The molecule has 0 radical (unpaired) electrons. The van der Waals surface area contributed by atoms with Crippen molar-refractivity contribution in [1.82, 2.24) is 0 Å². The number of carbonyl (C=O) groups excluding carboxylic acids is 2. The third-order valence-electron chi connectivity index (χ3n) is 4.82. The van der Waals surface area contributed by atoms with Crippen molar-refractivity contribution in [3.63, 3.8) is 0 Å². The van der Waals surface area contributed by atoms with Crippen LogP contribution in [0.5, 0.6) is 11.5 Å². The van der Waals surface area contributed by atoms with Crippen molar-refractivity contribution in [1.29, 1.82) is 0 Å². The highest BCUT2D eigenvalue weighted by molar-refractivity contribution is 7.94. The molecule has 1 unspecified atom stereocenters. The van der Waals surface area contributed by atoms with E-state index in [2.05, 4.69) is 0 Å². The Morgan fingerprint density at radius 1 is 1.16 bits per heavy atom. The fraction of sp³-hybridized carbons (Fsp3) is 0.333. The van der Waals surface area contributed by atoms with E-state index in [0.717, 1.165) is 10.3 Å². The van der Waals surface area contributed by atoms with Gasteiger partial charge in [0.1, 0.15) is 13.2 Å². The van der Waals surface area contributed by atoms with Crippen molar-refractivity contribution >= 4 is 38.7 Å². The molecule has 2 aliphatic heterocycles. The van der Waals surface area contributed by atoms with Crippen LogP contribution in [0.4, 0.5) is 5.69 Å². The van der Waals surface area contributed by atoms with Crippen LogP contribution in [0.1, 0.15) is 11.3 Å². The van der Waals surface area contributed by atoms with Crippen LogP contribution in [0.3, 0.4) is 0 Å². The van der Waals surface area contributed by atoms with Gasteiger partial charge in [0.05, 0.1) is 18.7 Å². The number of fused-ring (bicyclic) bond motifs is 1. The van der Waals surface area contributed by atoms with Crippen molar-refractivity contribution < 1.29 is 32.2 Å². The number of nitrogens with zero attached hydrogens (tertiary/aromatic N) is 1. The molecule has 0 fully saturated rings. The van der Waals surface area contributed by atoms with E-state index in [9.17, 15) is 18.0 Å². The summed E-state index contributed by atoms with van der Waals surface area (Å²) in [6.45, 7) is 0.773. The predicted molar refractivity (Wildman–Crippen MR) is 115 cm³/mol. The fourth-order valence-electron chi connectivity index (χ4n) is 3.34. The Bertz CT molecular complexity index is 1090. The predicted octanol–water partition coefficient (Wildman–Crippen LogP) is 2.54. The molecule has 1 atom stereocenters. The number of rotatable bonds is 7. The maximum Gasteiger partial charge on any atom is 0.306 e. The van der Waals surface area contributed by atoms with E-state index < -0.39 is 34.2 Å². The number of hydrogen-bond donors (Lipinski definition) is 0. The van der Waals surface area contributed by atoms with Crippen LogP contribution in [0.15, 0.2) is 47.2 Å². The summed E-state index contributed by atoms with van der Waals surface area (Å²) < 4.78 is 39.3. The van der Waals surface area contributed by atoms with Gasteiger partial charge in [-0.15, -0.1) is 11.3 Å². The van der Waals surface area contributed by atoms with Gasteiger partial charge in [-0.3, -0.25) is 9.59 Å². The third-order valence-corrected chi connectivity index (χ3v) is 7.15. The maximum absolute atomic E-state index is 13.0. The second-order valence-electron chi connectivity index (χ2n) is 7.17. The summed E-state index contributed by atoms with van der Waals surface area (Å²) in [5.41, 5.74) is 0.600. The smallest absolute Gasteiger partial charge is 0.306 e. The van der Waals surface area contributed by atoms with Crippen molar-refractivity contribution in [2.75, 3.05) is 30.5 Å². The summed E-state index contributed by atoms with van der Waals surface area (Å²) in [7, 11) is -3.24. The molecule has 1 aromatic heterocycles. The van der Waals surface area contributed by atoms with Crippen LogP contribution >= 0.6 is 11.3 Å². The lowest BCUT2D eigenvalue weighted by Gasteiger charge is -2.25. The number of amides is 1. The molecule has 4 rings (SSSR count). The van der Waals surface area contributed by atoms with E-state index in [1.165, 1.54) is 22.3 Å². The molecule has 2 aromatic rings. The average Bonchev–Trinajstić information content (AvgIpc) is 3.39. The molecule has 0 bridgehead atoms. The average molecular weight is 464 g/mol. The quantitative estimate of drug-likeness (QED) is 0.582. The molecule has 0 spiro atoms. The summed E-state index contributed by atoms with van der Waals surface area (Å²) in [5, 5.41) is 3.03. The minimum atomic E-state index is -3.24. The molecule has 1 aromatic carbocycles. The van der Waals surface area contributed by atoms with E-state index in [1.54, 1.807) is 18.2 Å². The standard InChI is InChI=1S/C21H21NO7S2/c23-20(13-29-21(24)10-15-5-9-31(25,26)14-15)22(12-17-2-1-8-30-17)16-3-4-18-19(11-16)28-7-6-27-18/h1-5,8-9,11,15H,6-7,10,12-14H2. The number of benzene rings is 1. The topological polar surface area (TPSA) is 99.2 Å². The third kappa shape index (κ3) is 5.45. The molecular formula is C21H21NO7S2. The van der Waals surface area contributed by atoms with Gasteiger partial charge in [0.2, 0.25) is 0 Å². The normalized spacial score (nSPS) is 18.5. The van der Waals surface area contributed by atoms with Gasteiger partial charge in [-0.25, -0.2) is 8.42 Å². The first-order valence-corrected chi connectivity index (χ1v) is 12.3. The molecule has 1 amide bonds. The van der Waals surface area contributed by atoms with Gasteiger partial charge in [-0.05, 0) is 23.6 Å². The summed E-state index contributed by atoms with van der Waals surface area (Å²) in [4.78, 5) is 27.6. The molecular weight excluding hydrogens is 442 g/mol. The summed E-state index contributed by atoms with van der Waals surface area (Å²) in [5.74, 6) is -0.375. The number of anilines is 1. The number of allylic oxidation sites excluding steroid dienone is 1. The minimum absolute atomic E-state index is 0.0854. The first-order valence-electron chi connectivity index (χ1n) is 9.68. The Morgan fingerprint density at radius 2 is 1.97 bits per heavy atom. The Balaban J connectivity index is 1.43. The molecule has 3 heterocycles. The second-order valence-corrected chi connectivity index (χ2v) is 10.1. The number of carbonyl (C=O) groups is 2. The Hall–Kier alpha value is -2.85. The highest BCUT2D eigenvalue weighted by Crippen LogP contribution is 2.34. The maximum atomic E-state index is 13.0. The Morgan fingerprint density at radius 3 is 2.68 bits per heavy atom. The molecule has 0 saturated carbocycles. The van der Waals surface area contributed by atoms with Gasteiger partial charge in [0.25, 0.3) is 5.91 Å². The molecule has 10 heteroatoms. The van der Waals surface area contributed by atoms with E-state index in [4.69, 9.17) is 14.2 Å². The summed E-state index contributed by atoms with van der Waals surface area (Å²) in [6.07, 6.45) is 1.40. The fourth-order valence-corrected chi connectivity index (χ4v) is 5.43. The van der Waals surface area contributed by atoms with Gasteiger partial charge in [0, 0.05) is 28.0 Å². The lowest BCUT2D eigenvalue weighted by atomic mass is 10.1. The zero-order chi connectivity index (χ0) is 21.8. The number of thiophene rings is 1. The molecule has 31 heavy (non-hydrogen) atoms. The van der Waals surface area contributed by atoms with E-state index in [-0.39, 0.29) is 12.2 Å². The van der Waals surface area contributed by atoms with E-state index >= 15 is 0 Å². The molecule has 8 nitrogen and oxygen atoms in total. The van der Waals surface area contributed by atoms with Crippen LogP contribution in [0.2, 0.25) is 0 Å². The van der Waals surface area contributed by atoms with Crippen LogP contribution < -0.4 is 14.4 Å². The minimum Gasteiger partial charge on any atom is -0.486 e. The zero-order valence-corrected chi connectivity index (χ0v) is 18.2. The lowest BCUT2D eigenvalue weighted by Crippen LogP contribution is -2.34. The molecule has 164 valence electrons. The highest BCUT2D eigenvalue weighted by atomic mass is 32.2. The van der Waals surface area contributed by atoms with Crippen molar-refractivity contribution in [2.24, 2.45) is 5.92 Å². The number of sulfone groups is 1. The molecule has 0 saturated heterocycles. The van der Waals surface area contributed by atoms with Gasteiger partial charge in [0.15, 0.2) is 27.9 Å².